The third-order valence-corrected chi connectivity index (χ3v) is 4.62. The van der Waals surface area contributed by atoms with Crippen LogP contribution in [0.25, 0.3) is 17.1 Å². The molecule has 0 spiro atoms. The van der Waals surface area contributed by atoms with Crippen LogP contribution in [0.3, 0.4) is 0 Å². The normalized spacial score (nSPS) is 10.5. The lowest BCUT2D eigenvalue weighted by Gasteiger charge is -2.10. The average Bonchev–Trinajstić information content (AvgIpc) is 3.00. The first-order valence-corrected chi connectivity index (χ1v) is 8.83. The zero-order chi connectivity index (χ0) is 16.9. The van der Waals surface area contributed by atoms with Crippen molar-refractivity contribution in [3.63, 3.8) is 0 Å². The zero-order valence-electron chi connectivity index (χ0n) is 13.1. The van der Waals surface area contributed by atoms with E-state index in [0.717, 1.165) is 27.8 Å². The fraction of sp³-hybridized carbons (Fsp3) is 0.167. The summed E-state index contributed by atoms with van der Waals surface area (Å²) in [4.78, 5) is 0. The molecule has 2 aromatic carbocycles. The summed E-state index contributed by atoms with van der Waals surface area (Å²) in [7, 11) is 0. The van der Waals surface area contributed by atoms with Crippen molar-refractivity contribution < 1.29 is 0 Å². The number of thioether (sulfide) groups is 1. The summed E-state index contributed by atoms with van der Waals surface area (Å²) in [6, 6.07) is 17.9. The van der Waals surface area contributed by atoms with Crippen LogP contribution in [0.4, 0.5) is 0 Å². The second kappa shape index (κ2) is 7.52. The van der Waals surface area contributed by atoms with Crippen LogP contribution in [0.15, 0.2) is 53.7 Å². The predicted molar refractivity (Wildman–Crippen MR) is 97.5 cm³/mol. The standard InChI is InChI=1S/C18H15ClN4S/c1-13-4-2-5-14(12-13)17-21-22-18(24-11-3-10-20)23(17)16-8-6-15(19)7-9-16/h2,4-9,12H,3,11H2,1H3. The lowest BCUT2D eigenvalue weighted by atomic mass is 10.1. The average molecular weight is 355 g/mol. The fourth-order valence-electron chi connectivity index (χ4n) is 2.35. The van der Waals surface area contributed by atoms with E-state index in [0.29, 0.717) is 17.2 Å². The summed E-state index contributed by atoms with van der Waals surface area (Å²) in [5.74, 6) is 1.45. The minimum Gasteiger partial charge on any atom is -0.270 e. The molecule has 0 aliphatic heterocycles. The maximum absolute atomic E-state index is 8.75. The number of halogens is 1. The van der Waals surface area contributed by atoms with Gasteiger partial charge in [0.1, 0.15) is 0 Å². The molecule has 0 aliphatic carbocycles. The van der Waals surface area contributed by atoms with Gasteiger partial charge in [-0.05, 0) is 37.3 Å². The minimum absolute atomic E-state index is 0.470. The summed E-state index contributed by atoms with van der Waals surface area (Å²) in [6.45, 7) is 2.05. The van der Waals surface area contributed by atoms with Gasteiger partial charge in [-0.25, -0.2) is 0 Å². The van der Waals surface area contributed by atoms with Crippen molar-refractivity contribution >= 4 is 23.4 Å². The number of hydrogen-bond acceptors (Lipinski definition) is 4. The molecule has 24 heavy (non-hydrogen) atoms. The Labute approximate surface area is 150 Å². The lowest BCUT2D eigenvalue weighted by Crippen LogP contribution is -2.00. The molecule has 1 heterocycles. The Bertz CT molecular complexity index is 881. The van der Waals surface area contributed by atoms with E-state index in [1.807, 2.05) is 41.0 Å². The fourth-order valence-corrected chi connectivity index (χ4v) is 3.27. The quantitative estimate of drug-likeness (QED) is 0.483. The maximum atomic E-state index is 8.75. The Kier molecular flexibility index (Phi) is 5.19. The zero-order valence-corrected chi connectivity index (χ0v) is 14.7. The van der Waals surface area contributed by atoms with Gasteiger partial charge in [0.2, 0.25) is 0 Å². The largest absolute Gasteiger partial charge is 0.270 e. The van der Waals surface area contributed by atoms with Crippen LogP contribution in [-0.4, -0.2) is 20.5 Å². The van der Waals surface area contributed by atoms with Crippen LogP contribution < -0.4 is 0 Å². The Hall–Kier alpha value is -2.29. The molecule has 0 N–H and O–H groups in total. The van der Waals surface area contributed by atoms with Gasteiger partial charge < -0.3 is 0 Å². The van der Waals surface area contributed by atoms with E-state index in [4.69, 9.17) is 16.9 Å². The van der Waals surface area contributed by atoms with Gasteiger partial charge in [-0.1, -0.05) is 47.1 Å². The number of benzene rings is 2. The molecule has 0 saturated carbocycles. The molecule has 1 aromatic heterocycles. The Morgan fingerprint density at radius 3 is 2.67 bits per heavy atom. The van der Waals surface area contributed by atoms with Crippen LogP contribution in [0.2, 0.25) is 5.02 Å². The number of hydrogen-bond donors (Lipinski definition) is 0. The topological polar surface area (TPSA) is 54.5 Å². The molecule has 0 bridgehead atoms. The summed E-state index contributed by atoms with van der Waals surface area (Å²) in [5.41, 5.74) is 3.11. The van der Waals surface area contributed by atoms with Gasteiger partial charge in [-0.3, -0.25) is 4.57 Å². The number of aromatic nitrogens is 3. The highest BCUT2D eigenvalue weighted by atomic mass is 35.5. The monoisotopic (exact) mass is 354 g/mol. The molecule has 0 fully saturated rings. The van der Waals surface area contributed by atoms with Crippen molar-refractivity contribution in [1.82, 2.24) is 14.8 Å². The van der Waals surface area contributed by atoms with Gasteiger partial charge >= 0.3 is 0 Å². The van der Waals surface area contributed by atoms with Crippen molar-refractivity contribution in [2.24, 2.45) is 0 Å². The first kappa shape index (κ1) is 16.6. The minimum atomic E-state index is 0.470. The Morgan fingerprint density at radius 2 is 1.96 bits per heavy atom. The van der Waals surface area contributed by atoms with Crippen LogP contribution in [0.5, 0.6) is 0 Å². The van der Waals surface area contributed by atoms with Gasteiger partial charge in [0.15, 0.2) is 11.0 Å². The summed E-state index contributed by atoms with van der Waals surface area (Å²) < 4.78 is 2.01. The van der Waals surface area contributed by atoms with Gasteiger partial charge in [0.25, 0.3) is 0 Å². The summed E-state index contributed by atoms with van der Waals surface area (Å²) in [5, 5.41) is 18.9. The van der Waals surface area contributed by atoms with Crippen LogP contribution in [-0.2, 0) is 0 Å². The van der Waals surface area contributed by atoms with Crippen molar-refractivity contribution in [2.45, 2.75) is 18.5 Å². The third kappa shape index (κ3) is 3.61. The van der Waals surface area contributed by atoms with E-state index in [-0.39, 0.29) is 0 Å². The van der Waals surface area contributed by atoms with E-state index in [9.17, 15) is 0 Å². The van der Waals surface area contributed by atoms with Crippen molar-refractivity contribution in [3.8, 4) is 23.1 Å². The number of rotatable bonds is 5. The SMILES string of the molecule is Cc1cccc(-c2nnc(SCCC#N)n2-c2ccc(Cl)cc2)c1. The highest BCUT2D eigenvalue weighted by Gasteiger charge is 2.16. The molecule has 0 radical (unpaired) electrons. The Morgan fingerprint density at radius 1 is 1.17 bits per heavy atom. The van der Waals surface area contributed by atoms with Crippen molar-refractivity contribution in [3.05, 3.63) is 59.1 Å². The molecule has 0 unspecified atom stereocenters. The molecule has 0 aliphatic rings. The highest BCUT2D eigenvalue weighted by molar-refractivity contribution is 7.99. The summed E-state index contributed by atoms with van der Waals surface area (Å²) in [6.07, 6.45) is 0.470. The van der Waals surface area contributed by atoms with Crippen LogP contribution in [0.1, 0.15) is 12.0 Å². The van der Waals surface area contributed by atoms with Crippen molar-refractivity contribution in [2.75, 3.05) is 5.75 Å². The van der Waals surface area contributed by atoms with E-state index >= 15 is 0 Å². The Balaban J connectivity index is 2.09. The van der Waals surface area contributed by atoms with Gasteiger partial charge in [-0.15, -0.1) is 10.2 Å². The first-order valence-electron chi connectivity index (χ1n) is 7.47. The van der Waals surface area contributed by atoms with Crippen molar-refractivity contribution in [1.29, 1.82) is 5.26 Å². The maximum Gasteiger partial charge on any atom is 0.196 e. The molecule has 0 saturated heterocycles. The van der Waals surface area contributed by atoms with Crippen LogP contribution in [0, 0.1) is 18.3 Å². The van der Waals surface area contributed by atoms with Gasteiger partial charge in [0.05, 0.1) is 6.07 Å². The predicted octanol–water partition coefficient (Wildman–Crippen LogP) is 4.90. The molecule has 0 atom stereocenters. The molecule has 120 valence electrons. The smallest absolute Gasteiger partial charge is 0.196 e. The third-order valence-electron chi connectivity index (χ3n) is 3.44. The highest BCUT2D eigenvalue weighted by Crippen LogP contribution is 2.29. The van der Waals surface area contributed by atoms with Gasteiger partial charge in [0, 0.05) is 28.4 Å². The second-order valence-corrected chi connectivity index (χ2v) is 6.74. The van der Waals surface area contributed by atoms with Gasteiger partial charge in [-0.2, -0.15) is 5.26 Å². The van der Waals surface area contributed by atoms with Crippen LogP contribution >= 0.6 is 23.4 Å². The molecule has 4 nitrogen and oxygen atoms in total. The molecule has 6 heteroatoms. The van der Waals surface area contributed by atoms with E-state index < -0.39 is 0 Å². The molecule has 0 amide bonds. The first-order chi connectivity index (χ1) is 11.7. The number of nitriles is 1. The van der Waals surface area contributed by atoms with E-state index in [2.05, 4.69) is 35.3 Å². The molecule has 3 aromatic rings. The van der Waals surface area contributed by atoms with E-state index in [1.54, 1.807) is 0 Å². The lowest BCUT2D eigenvalue weighted by molar-refractivity contribution is 0.885. The molecule has 3 rings (SSSR count). The number of aryl methyl sites for hydroxylation is 1. The van der Waals surface area contributed by atoms with E-state index in [1.165, 1.54) is 11.8 Å². The number of nitrogens with zero attached hydrogens (tertiary/aromatic N) is 4. The second-order valence-electron chi connectivity index (χ2n) is 5.24. The molecular formula is C18H15ClN4S. The molecular weight excluding hydrogens is 340 g/mol. The summed E-state index contributed by atoms with van der Waals surface area (Å²) >= 11 is 7.54.